The van der Waals surface area contributed by atoms with Gasteiger partial charge < -0.3 is 5.11 Å². The molecule has 3 rings (SSSR count). The average Bonchev–Trinajstić information content (AvgIpc) is 3.31. The van der Waals surface area contributed by atoms with Crippen LogP contribution in [0.15, 0.2) is 36.4 Å². The molecule has 0 heterocycles. The summed E-state index contributed by atoms with van der Waals surface area (Å²) >= 11 is 0. The monoisotopic (exact) mass is 338 g/mol. The number of hydrogen-bond donors (Lipinski definition) is 1. The molecule has 2 nitrogen and oxygen atoms in total. The van der Waals surface area contributed by atoms with E-state index in [1.807, 2.05) is 12.2 Å². The Bertz CT molecular complexity index is 749. The van der Waals surface area contributed by atoms with Crippen molar-refractivity contribution in [3.05, 3.63) is 53.1 Å². The van der Waals surface area contributed by atoms with Gasteiger partial charge in [-0.2, -0.15) is 0 Å². The Balaban J connectivity index is 1.83. The number of allylic oxidation sites excluding steroid dienone is 4. The Morgan fingerprint density at radius 3 is 2.36 bits per heavy atom. The van der Waals surface area contributed by atoms with Crippen LogP contribution in [0.5, 0.6) is 0 Å². The van der Waals surface area contributed by atoms with Crippen LogP contribution in [0.3, 0.4) is 0 Å². The molecule has 1 saturated carbocycles. The number of carboxylic acid groups (broad SMARTS) is 1. The molecule has 0 radical (unpaired) electrons. The quantitative estimate of drug-likeness (QED) is 0.713. The molecule has 134 valence electrons. The summed E-state index contributed by atoms with van der Waals surface area (Å²) in [5.41, 5.74) is 5.92. The van der Waals surface area contributed by atoms with Gasteiger partial charge in [-0.05, 0) is 65.2 Å². The van der Waals surface area contributed by atoms with Gasteiger partial charge in [-0.25, -0.2) is 0 Å². The molecule has 0 aliphatic heterocycles. The minimum Gasteiger partial charge on any atom is -0.481 e. The van der Waals surface area contributed by atoms with E-state index in [0.29, 0.717) is 0 Å². The lowest BCUT2D eigenvalue weighted by molar-refractivity contribution is -0.138. The lowest BCUT2D eigenvalue weighted by atomic mass is 9.63. The van der Waals surface area contributed by atoms with E-state index >= 15 is 0 Å². The Kier molecular flexibility index (Phi) is 4.43. The van der Waals surface area contributed by atoms with Crippen molar-refractivity contribution in [2.45, 2.75) is 64.7 Å². The van der Waals surface area contributed by atoms with Crippen LogP contribution in [0.4, 0.5) is 0 Å². The van der Waals surface area contributed by atoms with Gasteiger partial charge in [0.2, 0.25) is 0 Å². The number of benzene rings is 1. The molecule has 1 aromatic rings. The van der Waals surface area contributed by atoms with Crippen molar-refractivity contribution >= 4 is 11.5 Å². The van der Waals surface area contributed by atoms with Gasteiger partial charge in [-0.3, -0.25) is 4.79 Å². The third-order valence-electron chi connectivity index (χ3n) is 6.17. The first-order chi connectivity index (χ1) is 11.6. The standard InChI is InChI=1S/C23H30O2/c1-15(7-6-8-17-13-18(17)21(24)25)16-9-10-19-20(14-16)23(4,5)12-11-22(19,2)3/h6-10,14,17-18H,11-13H2,1-5H3,(H,24,25)/b8-6+,15-7+/t17-,18-/m1/s1. The van der Waals surface area contributed by atoms with Crippen molar-refractivity contribution in [3.8, 4) is 0 Å². The van der Waals surface area contributed by atoms with Gasteiger partial charge in [0.25, 0.3) is 0 Å². The molecule has 25 heavy (non-hydrogen) atoms. The van der Waals surface area contributed by atoms with E-state index in [-0.39, 0.29) is 22.7 Å². The van der Waals surface area contributed by atoms with Crippen LogP contribution in [-0.4, -0.2) is 11.1 Å². The summed E-state index contributed by atoms with van der Waals surface area (Å²) < 4.78 is 0. The van der Waals surface area contributed by atoms with E-state index in [0.717, 1.165) is 6.42 Å². The smallest absolute Gasteiger partial charge is 0.307 e. The van der Waals surface area contributed by atoms with Gasteiger partial charge in [0.1, 0.15) is 0 Å². The van der Waals surface area contributed by atoms with Gasteiger partial charge in [0, 0.05) is 0 Å². The predicted molar refractivity (Wildman–Crippen MR) is 104 cm³/mol. The Morgan fingerprint density at radius 2 is 1.76 bits per heavy atom. The van der Waals surface area contributed by atoms with Gasteiger partial charge in [0.15, 0.2) is 0 Å². The van der Waals surface area contributed by atoms with Crippen LogP contribution in [0.2, 0.25) is 0 Å². The highest BCUT2D eigenvalue weighted by Crippen LogP contribution is 2.46. The fourth-order valence-electron chi connectivity index (χ4n) is 3.98. The zero-order valence-electron chi connectivity index (χ0n) is 16.1. The molecular formula is C23H30O2. The number of carboxylic acids is 1. The highest BCUT2D eigenvalue weighted by molar-refractivity contribution is 5.74. The summed E-state index contributed by atoms with van der Waals surface area (Å²) in [6.45, 7) is 11.5. The topological polar surface area (TPSA) is 37.3 Å². The number of carbonyl (C=O) groups is 1. The Labute approximate surface area is 151 Å². The van der Waals surface area contributed by atoms with Crippen molar-refractivity contribution in [1.29, 1.82) is 0 Å². The molecule has 1 aromatic carbocycles. The van der Waals surface area contributed by atoms with E-state index < -0.39 is 5.97 Å². The van der Waals surface area contributed by atoms with Crippen molar-refractivity contribution in [1.82, 2.24) is 0 Å². The predicted octanol–water partition coefficient (Wildman–Crippen LogP) is 5.72. The maximum atomic E-state index is 10.9. The Morgan fingerprint density at radius 1 is 1.12 bits per heavy atom. The molecule has 2 atom stereocenters. The summed E-state index contributed by atoms with van der Waals surface area (Å²) in [4.78, 5) is 10.9. The molecule has 0 amide bonds. The maximum Gasteiger partial charge on any atom is 0.307 e. The van der Waals surface area contributed by atoms with Crippen molar-refractivity contribution in [2.24, 2.45) is 11.8 Å². The fraction of sp³-hybridized carbons (Fsp3) is 0.522. The minimum absolute atomic E-state index is 0.170. The third-order valence-corrected chi connectivity index (χ3v) is 6.17. The molecule has 0 bridgehead atoms. The lowest BCUT2D eigenvalue weighted by Gasteiger charge is -2.42. The first-order valence-corrected chi connectivity index (χ1v) is 9.35. The molecule has 0 saturated heterocycles. The third kappa shape index (κ3) is 3.58. The molecule has 0 spiro atoms. The van der Waals surface area contributed by atoms with Crippen molar-refractivity contribution < 1.29 is 9.90 Å². The molecule has 0 unspecified atom stereocenters. The minimum atomic E-state index is -0.671. The van der Waals surface area contributed by atoms with Gasteiger partial charge in [0.05, 0.1) is 5.92 Å². The highest BCUT2D eigenvalue weighted by atomic mass is 16.4. The van der Waals surface area contributed by atoms with E-state index in [1.54, 1.807) is 0 Å². The lowest BCUT2D eigenvalue weighted by Crippen LogP contribution is -2.33. The zero-order valence-corrected chi connectivity index (χ0v) is 16.1. The summed E-state index contributed by atoms with van der Waals surface area (Å²) in [6.07, 6.45) is 9.40. The highest BCUT2D eigenvalue weighted by Gasteiger charge is 2.41. The summed E-state index contributed by atoms with van der Waals surface area (Å²) in [5.74, 6) is -0.628. The number of hydrogen-bond acceptors (Lipinski definition) is 1. The molecule has 0 aromatic heterocycles. The second-order valence-corrected chi connectivity index (χ2v) is 9.11. The maximum absolute atomic E-state index is 10.9. The molecule has 2 heteroatoms. The van der Waals surface area contributed by atoms with Crippen LogP contribution >= 0.6 is 0 Å². The van der Waals surface area contributed by atoms with E-state index in [4.69, 9.17) is 5.11 Å². The van der Waals surface area contributed by atoms with E-state index in [1.165, 1.54) is 35.1 Å². The molecule has 1 fully saturated rings. The van der Waals surface area contributed by atoms with E-state index in [2.05, 4.69) is 58.9 Å². The number of rotatable bonds is 4. The van der Waals surface area contributed by atoms with Crippen LogP contribution < -0.4 is 0 Å². The van der Waals surface area contributed by atoms with Crippen LogP contribution in [0.25, 0.3) is 5.57 Å². The first kappa shape index (κ1) is 18.0. The van der Waals surface area contributed by atoms with Gasteiger partial charge in [-0.15, -0.1) is 0 Å². The Hall–Kier alpha value is -1.83. The van der Waals surface area contributed by atoms with Gasteiger partial charge in [-0.1, -0.05) is 64.1 Å². The van der Waals surface area contributed by atoms with Gasteiger partial charge >= 0.3 is 5.97 Å². The normalized spacial score (nSPS) is 27.2. The second-order valence-electron chi connectivity index (χ2n) is 9.11. The second kappa shape index (κ2) is 6.16. The first-order valence-electron chi connectivity index (χ1n) is 9.35. The number of fused-ring (bicyclic) bond motifs is 1. The molecule has 2 aliphatic rings. The van der Waals surface area contributed by atoms with Crippen LogP contribution in [-0.2, 0) is 15.6 Å². The van der Waals surface area contributed by atoms with Crippen molar-refractivity contribution in [3.63, 3.8) is 0 Å². The fourth-order valence-corrected chi connectivity index (χ4v) is 3.98. The SMILES string of the molecule is C/C(=C\C=C\[C@@H]1C[C@H]1C(=O)O)c1ccc2c(c1)C(C)(C)CCC2(C)C. The average molecular weight is 338 g/mol. The van der Waals surface area contributed by atoms with Crippen LogP contribution in [0, 0.1) is 11.8 Å². The molecular weight excluding hydrogens is 308 g/mol. The molecule has 1 N–H and O–H groups in total. The summed E-state index contributed by atoms with van der Waals surface area (Å²) in [6, 6.07) is 6.92. The van der Waals surface area contributed by atoms with Crippen molar-refractivity contribution in [2.75, 3.05) is 0 Å². The largest absolute Gasteiger partial charge is 0.481 e. The summed E-state index contributed by atoms with van der Waals surface area (Å²) in [7, 11) is 0. The summed E-state index contributed by atoms with van der Waals surface area (Å²) in [5, 5.41) is 8.96. The van der Waals surface area contributed by atoms with E-state index in [9.17, 15) is 4.79 Å². The van der Waals surface area contributed by atoms with Crippen LogP contribution in [0.1, 0.15) is 70.6 Å². The zero-order chi connectivity index (χ0) is 18.4. The number of aliphatic carboxylic acids is 1. The molecule has 2 aliphatic carbocycles.